The van der Waals surface area contributed by atoms with E-state index < -0.39 is 0 Å². The summed E-state index contributed by atoms with van der Waals surface area (Å²) in [6.07, 6.45) is 3.59. The molecule has 0 fully saturated rings. The summed E-state index contributed by atoms with van der Waals surface area (Å²) < 4.78 is 0. The van der Waals surface area contributed by atoms with Gasteiger partial charge in [0.2, 0.25) is 5.13 Å². The van der Waals surface area contributed by atoms with Crippen molar-refractivity contribution in [2.45, 2.75) is 32.1 Å². The number of carbonyl (C=O) groups is 1. The molecule has 0 radical (unpaired) electrons. The quantitative estimate of drug-likeness (QED) is 0.396. The molecule has 0 unspecified atom stereocenters. The Morgan fingerprint density at radius 1 is 1.65 bits per heavy atom. The molecule has 7 heteroatoms. The fourth-order valence-electron chi connectivity index (χ4n) is 1.78. The van der Waals surface area contributed by atoms with E-state index in [1.807, 2.05) is 0 Å². The molecule has 0 aromatic carbocycles. The van der Waals surface area contributed by atoms with Crippen molar-refractivity contribution < 1.29 is 9.90 Å². The van der Waals surface area contributed by atoms with E-state index in [9.17, 15) is 0 Å². The predicted octanol–water partition coefficient (Wildman–Crippen LogP) is 1.19. The van der Waals surface area contributed by atoms with Gasteiger partial charge in [0.05, 0.1) is 5.69 Å². The monoisotopic (exact) mass is 256 g/mol. The van der Waals surface area contributed by atoms with Gasteiger partial charge in [-0.05, 0) is 25.2 Å². The summed E-state index contributed by atoms with van der Waals surface area (Å²) in [4.78, 5) is 18.1. The second-order valence-electron chi connectivity index (χ2n) is 3.74. The number of guanidine groups is 1. The minimum atomic E-state index is -0.250. The van der Waals surface area contributed by atoms with Crippen molar-refractivity contribution >= 4 is 28.9 Å². The highest BCUT2D eigenvalue weighted by atomic mass is 32.1. The lowest BCUT2D eigenvalue weighted by molar-refractivity contribution is -0.122. The van der Waals surface area contributed by atoms with Gasteiger partial charge in [-0.25, -0.2) is 4.98 Å². The van der Waals surface area contributed by atoms with Crippen molar-refractivity contribution in [3.63, 3.8) is 0 Å². The van der Waals surface area contributed by atoms with E-state index in [1.165, 1.54) is 23.4 Å². The number of aromatic nitrogens is 1. The minimum absolute atomic E-state index is 0.0868. The maximum absolute atomic E-state index is 8.36. The Morgan fingerprint density at radius 3 is 2.82 bits per heavy atom. The molecule has 1 aliphatic carbocycles. The average molecular weight is 256 g/mol. The number of aliphatic imine (C=N–C) groups is 1. The summed E-state index contributed by atoms with van der Waals surface area (Å²) in [6.45, 7) is 1.96. The Kier molecular flexibility index (Phi) is 4.89. The zero-order valence-corrected chi connectivity index (χ0v) is 10.4. The smallest absolute Gasteiger partial charge is 0.290 e. The number of fused-ring (bicyclic) bond motifs is 1. The first-order chi connectivity index (χ1) is 8.08. The van der Waals surface area contributed by atoms with Crippen LogP contribution in [0.2, 0.25) is 0 Å². The van der Waals surface area contributed by atoms with Crippen LogP contribution in [0.3, 0.4) is 0 Å². The summed E-state index contributed by atoms with van der Waals surface area (Å²) in [5, 5.41) is 7.59. The Labute approximate surface area is 103 Å². The molecule has 2 rings (SSSR count). The molecule has 6 nitrogen and oxygen atoms in total. The standard InChI is InChI=1S/C9H14N4S.CH2O2/c1-5-3-2-4-6-7(5)12-9(14-6)13-8(10)11;2-1-3/h5H,2-4H2,1H3,(H4,10,11,12,13);1H,(H,2,3)/t5-;/m1./s1. The first kappa shape index (κ1) is 13.4. The molecular weight excluding hydrogens is 240 g/mol. The van der Waals surface area contributed by atoms with Crippen molar-refractivity contribution in [3.05, 3.63) is 10.6 Å². The molecule has 5 N–H and O–H groups in total. The second-order valence-corrected chi connectivity index (χ2v) is 4.80. The maximum atomic E-state index is 8.36. The molecule has 0 amide bonds. The van der Waals surface area contributed by atoms with Crippen LogP contribution in [0.25, 0.3) is 0 Å². The van der Waals surface area contributed by atoms with Crippen LogP contribution < -0.4 is 11.5 Å². The van der Waals surface area contributed by atoms with Crippen molar-refractivity contribution in [2.24, 2.45) is 16.5 Å². The summed E-state index contributed by atoms with van der Waals surface area (Å²) in [7, 11) is 0. The van der Waals surface area contributed by atoms with Crippen molar-refractivity contribution in [1.82, 2.24) is 4.98 Å². The third kappa shape index (κ3) is 3.70. The normalized spacial score (nSPS) is 17.4. The van der Waals surface area contributed by atoms with E-state index in [0.717, 1.165) is 6.42 Å². The van der Waals surface area contributed by atoms with Crippen LogP contribution in [0.4, 0.5) is 5.13 Å². The van der Waals surface area contributed by atoms with Crippen LogP contribution in [0.1, 0.15) is 36.3 Å². The fourth-order valence-corrected chi connectivity index (χ4v) is 2.89. The third-order valence-electron chi connectivity index (χ3n) is 2.45. The summed E-state index contributed by atoms with van der Waals surface area (Å²) in [5.41, 5.74) is 11.8. The van der Waals surface area contributed by atoms with Gasteiger partial charge in [-0.3, -0.25) is 4.79 Å². The number of aryl methyl sites for hydroxylation is 1. The summed E-state index contributed by atoms with van der Waals surface area (Å²) in [5.74, 6) is 0.640. The van der Waals surface area contributed by atoms with Crippen LogP contribution in [-0.2, 0) is 11.2 Å². The number of hydrogen-bond donors (Lipinski definition) is 3. The van der Waals surface area contributed by atoms with E-state index in [-0.39, 0.29) is 12.4 Å². The average Bonchev–Trinajstić information content (AvgIpc) is 2.62. The third-order valence-corrected chi connectivity index (χ3v) is 3.47. The first-order valence-electron chi connectivity index (χ1n) is 5.25. The van der Waals surface area contributed by atoms with Crippen LogP contribution in [0.5, 0.6) is 0 Å². The van der Waals surface area contributed by atoms with Crippen molar-refractivity contribution in [1.29, 1.82) is 0 Å². The molecule has 1 aromatic rings. The molecule has 0 saturated heterocycles. The number of nitrogens with two attached hydrogens (primary N) is 2. The zero-order valence-electron chi connectivity index (χ0n) is 9.59. The van der Waals surface area contributed by atoms with Gasteiger partial charge in [0.25, 0.3) is 6.47 Å². The SMILES string of the molecule is C[C@@H]1CCCc2sc(N=C(N)N)nc21.O=CO. The van der Waals surface area contributed by atoms with Crippen LogP contribution >= 0.6 is 11.3 Å². The molecular formula is C10H16N4O2S. The highest BCUT2D eigenvalue weighted by Gasteiger charge is 2.20. The molecule has 0 aliphatic heterocycles. The summed E-state index contributed by atoms with van der Waals surface area (Å²) in [6, 6.07) is 0. The van der Waals surface area contributed by atoms with Crippen LogP contribution in [-0.4, -0.2) is 22.5 Å². The van der Waals surface area contributed by atoms with Gasteiger partial charge in [-0.1, -0.05) is 18.3 Å². The Hall–Kier alpha value is -1.63. The highest BCUT2D eigenvalue weighted by Crippen LogP contribution is 2.37. The molecule has 0 saturated carbocycles. The van der Waals surface area contributed by atoms with Gasteiger partial charge >= 0.3 is 0 Å². The van der Waals surface area contributed by atoms with Crippen LogP contribution in [0, 0.1) is 0 Å². The van der Waals surface area contributed by atoms with E-state index in [0.29, 0.717) is 11.0 Å². The minimum Gasteiger partial charge on any atom is -0.483 e. The van der Waals surface area contributed by atoms with Crippen molar-refractivity contribution in [3.8, 4) is 0 Å². The highest BCUT2D eigenvalue weighted by molar-refractivity contribution is 7.15. The fraction of sp³-hybridized carbons (Fsp3) is 0.500. The number of thiazole rings is 1. The molecule has 1 aliphatic rings. The Balaban J connectivity index is 0.000000437. The van der Waals surface area contributed by atoms with Gasteiger partial charge in [0.15, 0.2) is 5.96 Å². The molecule has 1 heterocycles. The first-order valence-corrected chi connectivity index (χ1v) is 6.07. The molecule has 0 spiro atoms. The number of carboxylic acid groups (broad SMARTS) is 1. The number of hydrogen-bond acceptors (Lipinski definition) is 4. The largest absolute Gasteiger partial charge is 0.483 e. The molecule has 1 aromatic heterocycles. The molecule has 17 heavy (non-hydrogen) atoms. The maximum Gasteiger partial charge on any atom is 0.290 e. The van der Waals surface area contributed by atoms with Gasteiger partial charge < -0.3 is 16.6 Å². The van der Waals surface area contributed by atoms with Crippen molar-refractivity contribution in [2.75, 3.05) is 0 Å². The number of nitrogens with zero attached hydrogens (tertiary/aromatic N) is 2. The van der Waals surface area contributed by atoms with Gasteiger partial charge in [0.1, 0.15) is 0 Å². The van der Waals surface area contributed by atoms with E-state index >= 15 is 0 Å². The van der Waals surface area contributed by atoms with E-state index in [1.54, 1.807) is 11.3 Å². The van der Waals surface area contributed by atoms with E-state index in [2.05, 4.69) is 16.9 Å². The summed E-state index contributed by atoms with van der Waals surface area (Å²) >= 11 is 1.61. The second kappa shape index (κ2) is 6.19. The predicted molar refractivity (Wildman–Crippen MR) is 67.6 cm³/mol. The zero-order chi connectivity index (χ0) is 12.8. The van der Waals surface area contributed by atoms with Gasteiger partial charge in [-0.15, -0.1) is 0 Å². The lowest BCUT2D eigenvalue weighted by Gasteiger charge is -2.15. The molecule has 0 bridgehead atoms. The lowest BCUT2D eigenvalue weighted by Crippen LogP contribution is -2.21. The van der Waals surface area contributed by atoms with Gasteiger partial charge in [0, 0.05) is 4.88 Å². The lowest BCUT2D eigenvalue weighted by atomic mass is 9.93. The molecule has 94 valence electrons. The Morgan fingerprint density at radius 2 is 2.29 bits per heavy atom. The molecule has 1 atom stereocenters. The number of rotatable bonds is 1. The van der Waals surface area contributed by atoms with Crippen LogP contribution in [0.15, 0.2) is 4.99 Å². The van der Waals surface area contributed by atoms with E-state index in [4.69, 9.17) is 21.4 Å². The topological polar surface area (TPSA) is 115 Å². The van der Waals surface area contributed by atoms with Gasteiger partial charge in [-0.2, -0.15) is 4.99 Å². The Bertz CT molecular complexity index is 412.